The van der Waals surface area contributed by atoms with Crippen LogP contribution in [0.25, 0.3) is 61.0 Å². The van der Waals surface area contributed by atoms with E-state index in [2.05, 4.69) is 137 Å². The number of hydrogen-bond acceptors (Lipinski definition) is 2. The fourth-order valence-electron chi connectivity index (χ4n) is 8.14. The van der Waals surface area contributed by atoms with Crippen LogP contribution in [-0.4, -0.2) is 9.97 Å². The third kappa shape index (κ3) is 3.48. The molecule has 2 heterocycles. The van der Waals surface area contributed by atoms with Crippen molar-refractivity contribution in [2.45, 2.75) is 51.4 Å². The number of fused-ring (bicyclic) bond motifs is 8. The van der Waals surface area contributed by atoms with Gasteiger partial charge in [-0.15, -0.1) is 0 Å². The van der Waals surface area contributed by atoms with Gasteiger partial charge in [-0.1, -0.05) is 118 Å². The zero-order valence-corrected chi connectivity index (χ0v) is 25.7. The third-order valence-corrected chi connectivity index (χ3v) is 10.6. The number of pyridine rings is 2. The van der Waals surface area contributed by atoms with Gasteiger partial charge in [0, 0.05) is 32.7 Å². The lowest BCUT2D eigenvalue weighted by Gasteiger charge is -2.26. The average molecular weight is 567 g/mol. The Hall–Kier alpha value is -4.82. The second-order valence-corrected chi connectivity index (χ2v) is 13.8. The molecule has 0 fully saturated rings. The Bertz CT molecular complexity index is 2280. The molecule has 2 aromatic heterocycles. The van der Waals surface area contributed by atoms with E-state index in [9.17, 15) is 0 Å². The molecule has 9 rings (SSSR count). The van der Waals surface area contributed by atoms with Crippen molar-refractivity contribution in [3.05, 3.63) is 137 Å². The molecule has 6 aromatic rings. The first kappa shape index (κ1) is 25.7. The molecule has 0 atom stereocenters. The van der Waals surface area contributed by atoms with Gasteiger partial charge in [0.25, 0.3) is 0 Å². The molecule has 0 saturated carbocycles. The number of aromatic nitrogens is 2. The standard InChI is InChI=1S/C42H34N2/c1-41(2)33-11-7-5-9-29(33)31-19-15-27(23-35(31)41)37-21-17-25-13-14-26-18-22-38(44-40(26)39(25)43-37)28-16-20-32-30-10-6-8-12-34(30)42(3,4)36(32)24-28/h5-7,9-11,13-24H,8,12H2,1-4H3. The van der Waals surface area contributed by atoms with Crippen LogP contribution in [-0.2, 0) is 10.8 Å². The van der Waals surface area contributed by atoms with Crippen LogP contribution in [0.1, 0.15) is 62.8 Å². The molecular weight excluding hydrogens is 532 g/mol. The molecule has 0 N–H and O–H groups in total. The summed E-state index contributed by atoms with van der Waals surface area (Å²) in [4.78, 5) is 10.6. The minimum atomic E-state index is -0.0442. The molecule has 4 aromatic carbocycles. The summed E-state index contributed by atoms with van der Waals surface area (Å²) in [6.45, 7) is 9.41. The number of hydrogen-bond donors (Lipinski definition) is 0. The van der Waals surface area contributed by atoms with Crippen LogP contribution in [0.4, 0.5) is 0 Å². The Morgan fingerprint density at radius 2 is 1.11 bits per heavy atom. The molecule has 0 saturated heterocycles. The summed E-state index contributed by atoms with van der Waals surface area (Å²) >= 11 is 0. The van der Waals surface area contributed by atoms with E-state index in [1.807, 2.05) is 0 Å². The minimum absolute atomic E-state index is 0.0389. The minimum Gasteiger partial charge on any atom is -0.245 e. The van der Waals surface area contributed by atoms with Crippen molar-refractivity contribution >= 4 is 27.4 Å². The second-order valence-electron chi connectivity index (χ2n) is 13.8. The summed E-state index contributed by atoms with van der Waals surface area (Å²) in [5.41, 5.74) is 17.4. The van der Waals surface area contributed by atoms with Crippen molar-refractivity contribution in [3.8, 4) is 33.6 Å². The van der Waals surface area contributed by atoms with Crippen LogP contribution >= 0.6 is 0 Å². The Kier molecular flexibility index (Phi) is 5.17. The molecule has 0 radical (unpaired) electrons. The van der Waals surface area contributed by atoms with Gasteiger partial charge < -0.3 is 0 Å². The molecule has 212 valence electrons. The summed E-state index contributed by atoms with van der Waals surface area (Å²) in [6.07, 6.45) is 6.92. The van der Waals surface area contributed by atoms with Crippen molar-refractivity contribution in [1.82, 2.24) is 9.97 Å². The van der Waals surface area contributed by atoms with Crippen molar-refractivity contribution in [2.75, 3.05) is 0 Å². The van der Waals surface area contributed by atoms with Gasteiger partial charge in [-0.05, 0) is 76.1 Å². The topological polar surface area (TPSA) is 25.8 Å². The molecule has 2 nitrogen and oxygen atoms in total. The average Bonchev–Trinajstić information content (AvgIpc) is 3.43. The van der Waals surface area contributed by atoms with E-state index in [0.29, 0.717) is 0 Å². The molecule has 0 bridgehead atoms. The van der Waals surface area contributed by atoms with Gasteiger partial charge in [-0.25, -0.2) is 9.97 Å². The highest BCUT2D eigenvalue weighted by molar-refractivity contribution is 6.04. The van der Waals surface area contributed by atoms with Crippen LogP contribution in [0.2, 0.25) is 0 Å². The summed E-state index contributed by atoms with van der Waals surface area (Å²) in [6, 6.07) is 35.6. The number of rotatable bonds is 2. The number of benzene rings is 4. The first-order valence-corrected chi connectivity index (χ1v) is 15.8. The maximum Gasteiger partial charge on any atom is 0.0972 e. The summed E-state index contributed by atoms with van der Waals surface area (Å²) < 4.78 is 0. The summed E-state index contributed by atoms with van der Waals surface area (Å²) in [7, 11) is 0. The first-order chi connectivity index (χ1) is 21.3. The van der Waals surface area contributed by atoms with Crippen molar-refractivity contribution in [3.63, 3.8) is 0 Å². The van der Waals surface area contributed by atoms with E-state index >= 15 is 0 Å². The molecule has 3 aliphatic rings. The van der Waals surface area contributed by atoms with E-state index in [-0.39, 0.29) is 10.8 Å². The van der Waals surface area contributed by atoms with Crippen LogP contribution in [0.3, 0.4) is 0 Å². The first-order valence-electron chi connectivity index (χ1n) is 15.8. The van der Waals surface area contributed by atoms with E-state index in [1.54, 1.807) is 5.57 Å². The van der Waals surface area contributed by atoms with Gasteiger partial charge in [0.2, 0.25) is 0 Å². The number of nitrogens with zero attached hydrogens (tertiary/aromatic N) is 2. The van der Waals surface area contributed by atoms with E-state index < -0.39 is 0 Å². The van der Waals surface area contributed by atoms with Crippen molar-refractivity contribution in [2.24, 2.45) is 0 Å². The lowest BCUT2D eigenvalue weighted by Crippen LogP contribution is -2.17. The highest BCUT2D eigenvalue weighted by Crippen LogP contribution is 2.51. The second kappa shape index (κ2) is 8.86. The largest absolute Gasteiger partial charge is 0.245 e. The van der Waals surface area contributed by atoms with Crippen LogP contribution < -0.4 is 0 Å². The van der Waals surface area contributed by atoms with Crippen LogP contribution in [0, 0.1) is 0 Å². The molecular formula is C42H34N2. The Morgan fingerprint density at radius 1 is 0.545 bits per heavy atom. The molecule has 3 aliphatic carbocycles. The van der Waals surface area contributed by atoms with Gasteiger partial charge in [-0.2, -0.15) is 0 Å². The maximum atomic E-state index is 5.29. The van der Waals surface area contributed by atoms with E-state index in [1.165, 1.54) is 39.0 Å². The fraction of sp³-hybridized carbons (Fsp3) is 0.190. The van der Waals surface area contributed by atoms with Gasteiger partial charge >= 0.3 is 0 Å². The highest BCUT2D eigenvalue weighted by atomic mass is 14.8. The predicted octanol–water partition coefficient (Wildman–Crippen LogP) is 10.8. The highest BCUT2D eigenvalue weighted by Gasteiger charge is 2.38. The normalized spacial score (nSPS) is 17.1. The van der Waals surface area contributed by atoms with Gasteiger partial charge in [0.15, 0.2) is 0 Å². The quantitative estimate of drug-likeness (QED) is 0.195. The zero-order chi connectivity index (χ0) is 29.8. The SMILES string of the molecule is CC1(C)C2=C(C=CCC2)c2ccc(-c3ccc4ccc5ccc(-c6ccc7c(c6)C(C)(C)c6ccccc6-7)nc5c4n3)cc21. The summed E-state index contributed by atoms with van der Waals surface area (Å²) in [5.74, 6) is 0. The lowest BCUT2D eigenvalue weighted by atomic mass is 9.78. The van der Waals surface area contributed by atoms with Crippen LogP contribution in [0.5, 0.6) is 0 Å². The van der Waals surface area contributed by atoms with Crippen molar-refractivity contribution < 1.29 is 0 Å². The Morgan fingerprint density at radius 3 is 1.80 bits per heavy atom. The Balaban J connectivity index is 1.16. The predicted molar refractivity (Wildman–Crippen MR) is 184 cm³/mol. The van der Waals surface area contributed by atoms with Crippen molar-refractivity contribution in [1.29, 1.82) is 0 Å². The zero-order valence-electron chi connectivity index (χ0n) is 25.7. The Labute approximate surface area is 258 Å². The number of allylic oxidation sites excluding steroid dienone is 4. The van der Waals surface area contributed by atoms with E-state index in [4.69, 9.17) is 9.97 Å². The molecule has 0 spiro atoms. The maximum absolute atomic E-state index is 5.29. The molecule has 2 heteroatoms. The molecule has 0 amide bonds. The fourth-order valence-corrected chi connectivity index (χ4v) is 8.14. The molecule has 0 aliphatic heterocycles. The molecule has 44 heavy (non-hydrogen) atoms. The monoisotopic (exact) mass is 566 g/mol. The third-order valence-electron chi connectivity index (χ3n) is 10.6. The summed E-state index contributed by atoms with van der Waals surface area (Å²) in [5, 5.41) is 2.22. The van der Waals surface area contributed by atoms with Crippen LogP contribution in [0.15, 0.2) is 115 Å². The lowest BCUT2D eigenvalue weighted by molar-refractivity contribution is 0.607. The van der Waals surface area contributed by atoms with Gasteiger partial charge in [-0.3, -0.25) is 0 Å². The smallest absolute Gasteiger partial charge is 0.0972 e. The van der Waals surface area contributed by atoms with Gasteiger partial charge in [0.05, 0.1) is 22.4 Å². The molecule has 0 unspecified atom stereocenters. The van der Waals surface area contributed by atoms with E-state index in [0.717, 1.165) is 57.2 Å². The van der Waals surface area contributed by atoms with Gasteiger partial charge in [0.1, 0.15) is 0 Å².